The van der Waals surface area contributed by atoms with Crippen molar-refractivity contribution >= 4 is 44.8 Å². The predicted octanol–water partition coefficient (Wildman–Crippen LogP) is 3.31. The van der Waals surface area contributed by atoms with Crippen LogP contribution in [0.4, 0.5) is 11.4 Å². The summed E-state index contributed by atoms with van der Waals surface area (Å²) in [5, 5.41) is 5.82. The second-order valence-corrected chi connectivity index (χ2v) is 10.1. The van der Waals surface area contributed by atoms with E-state index in [9.17, 15) is 18.0 Å². The zero-order valence-electron chi connectivity index (χ0n) is 19.3. The zero-order chi connectivity index (χ0) is 25.7. The molecule has 0 aliphatic carbocycles. The lowest BCUT2D eigenvalue weighted by atomic mass is 10.1. The van der Waals surface area contributed by atoms with Crippen LogP contribution in [0.15, 0.2) is 77.7 Å². The number of halogens is 1. The third kappa shape index (κ3) is 5.46. The van der Waals surface area contributed by atoms with E-state index in [2.05, 4.69) is 10.6 Å². The molecule has 0 radical (unpaired) electrons. The van der Waals surface area contributed by atoms with Crippen molar-refractivity contribution in [2.24, 2.45) is 0 Å². The van der Waals surface area contributed by atoms with Crippen LogP contribution in [0.1, 0.15) is 10.4 Å². The van der Waals surface area contributed by atoms with E-state index in [0.29, 0.717) is 23.9 Å². The molecule has 1 atom stereocenters. The quantitative estimate of drug-likeness (QED) is 0.433. The molecule has 4 rings (SSSR count). The normalized spacial score (nSPS) is 14.9. The average molecular weight is 530 g/mol. The topological polar surface area (TPSA) is 114 Å². The first kappa shape index (κ1) is 25.5. The van der Waals surface area contributed by atoms with E-state index in [1.54, 1.807) is 48.5 Å². The standard InChI is InChI=1S/C25H24ClN3O6S/c1-34-15-14-27-24(30)19-6-2-3-7-20(19)28-25(31)23-16-29(21-8-4-5-9-22(21)35-23)36(32,33)18-12-10-17(26)11-13-18/h2-13,23H,14-16H2,1H3,(H,27,30)(H,28,31)/t23-/m0/s1. The third-order valence-electron chi connectivity index (χ3n) is 5.45. The number of carbonyl (C=O) groups is 2. The van der Waals surface area contributed by atoms with Crippen molar-refractivity contribution in [2.45, 2.75) is 11.0 Å². The molecule has 36 heavy (non-hydrogen) atoms. The summed E-state index contributed by atoms with van der Waals surface area (Å²) < 4.78 is 38.9. The number of fused-ring (bicyclic) bond motifs is 1. The van der Waals surface area contributed by atoms with Crippen LogP contribution in [0.5, 0.6) is 5.75 Å². The Morgan fingerprint density at radius 3 is 2.50 bits per heavy atom. The van der Waals surface area contributed by atoms with Crippen LogP contribution >= 0.6 is 11.6 Å². The van der Waals surface area contributed by atoms with Crippen molar-refractivity contribution in [2.75, 3.05) is 36.4 Å². The molecule has 11 heteroatoms. The maximum atomic E-state index is 13.5. The lowest BCUT2D eigenvalue weighted by molar-refractivity contribution is -0.122. The molecule has 2 N–H and O–H groups in total. The van der Waals surface area contributed by atoms with E-state index in [1.807, 2.05) is 0 Å². The molecule has 1 aliphatic heterocycles. The number of sulfonamides is 1. The number of nitrogens with zero attached hydrogens (tertiary/aromatic N) is 1. The van der Waals surface area contributed by atoms with Crippen LogP contribution in [0.25, 0.3) is 0 Å². The molecule has 0 saturated carbocycles. The van der Waals surface area contributed by atoms with Crippen molar-refractivity contribution in [1.29, 1.82) is 0 Å². The Hall–Kier alpha value is -3.60. The number of benzene rings is 3. The molecule has 0 aromatic heterocycles. The van der Waals surface area contributed by atoms with Crippen LogP contribution < -0.4 is 19.7 Å². The van der Waals surface area contributed by atoms with Gasteiger partial charge in [0.1, 0.15) is 5.75 Å². The number of hydrogen-bond donors (Lipinski definition) is 2. The van der Waals surface area contributed by atoms with Crippen molar-refractivity contribution in [3.05, 3.63) is 83.4 Å². The summed E-state index contributed by atoms with van der Waals surface area (Å²) in [6.07, 6.45) is -1.17. The minimum Gasteiger partial charge on any atom is -0.476 e. The van der Waals surface area contributed by atoms with Crippen LogP contribution in [-0.4, -0.2) is 53.1 Å². The minimum absolute atomic E-state index is 0.0286. The van der Waals surface area contributed by atoms with Crippen LogP contribution in [0, 0.1) is 0 Å². The number of amides is 2. The van der Waals surface area contributed by atoms with E-state index in [1.165, 1.54) is 31.4 Å². The molecule has 3 aromatic rings. The van der Waals surface area contributed by atoms with E-state index < -0.39 is 22.0 Å². The Balaban J connectivity index is 1.60. The Labute approximate surface area is 214 Å². The highest BCUT2D eigenvalue weighted by Crippen LogP contribution is 2.37. The molecule has 9 nitrogen and oxygen atoms in total. The number of nitrogens with one attached hydrogen (secondary N) is 2. The average Bonchev–Trinajstić information content (AvgIpc) is 2.88. The lowest BCUT2D eigenvalue weighted by Crippen LogP contribution is -2.49. The summed E-state index contributed by atoms with van der Waals surface area (Å²) >= 11 is 5.92. The summed E-state index contributed by atoms with van der Waals surface area (Å²) in [7, 11) is -2.50. The Morgan fingerprint density at radius 2 is 1.75 bits per heavy atom. The number of rotatable bonds is 8. The predicted molar refractivity (Wildman–Crippen MR) is 136 cm³/mol. The Bertz CT molecular complexity index is 1360. The second kappa shape index (κ2) is 11.0. The molecule has 0 unspecified atom stereocenters. The van der Waals surface area contributed by atoms with Gasteiger partial charge in [-0.05, 0) is 48.5 Å². The summed E-state index contributed by atoms with van der Waals surface area (Å²) in [5.41, 5.74) is 0.838. The molecule has 0 bridgehead atoms. The van der Waals surface area contributed by atoms with Crippen LogP contribution in [0.2, 0.25) is 5.02 Å². The number of methoxy groups -OCH3 is 1. The molecular weight excluding hydrogens is 506 g/mol. The van der Waals surface area contributed by atoms with Gasteiger partial charge in [0.2, 0.25) is 0 Å². The number of carbonyl (C=O) groups excluding carboxylic acids is 2. The molecule has 0 spiro atoms. The smallest absolute Gasteiger partial charge is 0.267 e. The number of hydrogen-bond acceptors (Lipinski definition) is 6. The van der Waals surface area contributed by atoms with E-state index in [-0.39, 0.29) is 34.3 Å². The summed E-state index contributed by atoms with van der Waals surface area (Å²) in [4.78, 5) is 25.8. The fourth-order valence-electron chi connectivity index (χ4n) is 3.67. The Kier molecular flexibility index (Phi) is 7.78. The maximum absolute atomic E-state index is 13.5. The van der Waals surface area contributed by atoms with Gasteiger partial charge in [-0.25, -0.2) is 8.42 Å². The van der Waals surface area contributed by atoms with Gasteiger partial charge in [-0.3, -0.25) is 13.9 Å². The summed E-state index contributed by atoms with van der Waals surface area (Å²) in [6, 6.07) is 18.9. The van der Waals surface area contributed by atoms with Gasteiger partial charge in [0, 0.05) is 18.7 Å². The molecule has 1 aliphatic rings. The fourth-order valence-corrected chi connectivity index (χ4v) is 5.27. The summed E-state index contributed by atoms with van der Waals surface area (Å²) in [5.74, 6) is -0.741. The first-order valence-electron chi connectivity index (χ1n) is 11.0. The van der Waals surface area contributed by atoms with Crippen LogP contribution in [0.3, 0.4) is 0 Å². The van der Waals surface area contributed by atoms with Gasteiger partial charge in [-0.2, -0.15) is 0 Å². The SMILES string of the molecule is COCCNC(=O)c1ccccc1NC(=O)[C@@H]1CN(S(=O)(=O)c2ccc(Cl)cc2)c2ccccc2O1. The highest BCUT2D eigenvalue weighted by atomic mass is 35.5. The van der Waals surface area contributed by atoms with Gasteiger partial charge in [-0.1, -0.05) is 35.9 Å². The number of anilines is 2. The van der Waals surface area contributed by atoms with Gasteiger partial charge in [0.15, 0.2) is 6.10 Å². The first-order chi connectivity index (χ1) is 17.3. The van der Waals surface area contributed by atoms with E-state index in [0.717, 1.165) is 4.31 Å². The van der Waals surface area contributed by atoms with Crippen LogP contribution in [-0.2, 0) is 19.6 Å². The molecule has 2 amide bonds. The highest BCUT2D eigenvalue weighted by molar-refractivity contribution is 7.92. The zero-order valence-corrected chi connectivity index (χ0v) is 20.9. The molecule has 1 heterocycles. The van der Waals surface area contributed by atoms with Gasteiger partial charge < -0.3 is 20.1 Å². The van der Waals surface area contributed by atoms with E-state index >= 15 is 0 Å². The lowest BCUT2D eigenvalue weighted by Gasteiger charge is -2.34. The van der Waals surface area contributed by atoms with Crippen molar-refractivity contribution in [1.82, 2.24) is 5.32 Å². The molecule has 188 valence electrons. The summed E-state index contributed by atoms with van der Waals surface area (Å²) in [6.45, 7) is 0.376. The molecular formula is C25H24ClN3O6S. The monoisotopic (exact) mass is 529 g/mol. The Morgan fingerprint density at radius 1 is 1.06 bits per heavy atom. The first-order valence-corrected chi connectivity index (χ1v) is 12.8. The number of para-hydroxylation sites is 3. The largest absolute Gasteiger partial charge is 0.476 e. The van der Waals surface area contributed by atoms with Gasteiger partial charge in [0.25, 0.3) is 21.8 Å². The minimum atomic E-state index is -4.03. The molecule has 0 saturated heterocycles. The van der Waals surface area contributed by atoms with Crippen molar-refractivity contribution < 1.29 is 27.5 Å². The highest BCUT2D eigenvalue weighted by Gasteiger charge is 2.37. The van der Waals surface area contributed by atoms with Crippen molar-refractivity contribution in [3.63, 3.8) is 0 Å². The fraction of sp³-hybridized carbons (Fsp3) is 0.200. The number of ether oxygens (including phenoxy) is 2. The molecule has 3 aromatic carbocycles. The molecule has 0 fully saturated rings. The van der Waals surface area contributed by atoms with Gasteiger partial charge >= 0.3 is 0 Å². The third-order valence-corrected chi connectivity index (χ3v) is 7.50. The second-order valence-electron chi connectivity index (χ2n) is 7.85. The van der Waals surface area contributed by atoms with Gasteiger partial charge in [0.05, 0.1) is 35.0 Å². The van der Waals surface area contributed by atoms with E-state index in [4.69, 9.17) is 21.1 Å². The maximum Gasteiger partial charge on any atom is 0.267 e. The van der Waals surface area contributed by atoms with Crippen molar-refractivity contribution in [3.8, 4) is 5.75 Å². The van der Waals surface area contributed by atoms with Gasteiger partial charge in [-0.15, -0.1) is 0 Å².